The lowest BCUT2D eigenvalue weighted by molar-refractivity contribution is 0.159. The van der Waals surface area contributed by atoms with E-state index >= 15 is 0 Å². The van der Waals surface area contributed by atoms with Crippen LogP contribution in [0.2, 0.25) is 0 Å². The van der Waals surface area contributed by atoms with Crippen molar-refractivity contribution in [2.24, 2.45) is 0 Å². The molecule has 4 heteroatoms. The van der Waals surface area contributed by atoms with Crippen LogP contribution in [0.4, 0.5) is 5.69 Å². The molecule has 4 nitrogen and oxygen atoms in total. The molecule has 0 aromatic heterocycles. The van der Waals surface area contributed by atoms with Gasteiger partial charge >= 0.3 is 0 Å². The monoisotopic (exact) mass is 335 g/mol. The number of nitrogens with one attached hydrogen (secondary N) is 1. The first-order valence-corrected chi connectivity index (χ1v) is 8.80. The largest absolute Gasteiger partial charge is 0.394 e. The van der Waals surface area contributed by atoms with E-state index < -0.39 is 0 Å². The van der Waals surface area contributed by atoms with Crippen LogP contribution in [-0.4, -0.2) is 25.3 Å². The maximum Gasteiger partial charge on any atom is 0.0677 e. The molecule has 0 fully saturated rings. The van der Waals surface area contributed by atoms with Crippen LogP contribution in [0.25, 0.3) is 0 Å². The predicted molar refractivity (Wildman–Crippen MR) is 100 cm³/mol. The van der Waals surface area contributed by atoms with Crippen LogP contribution >= 0.6 is 0 Å². The highest BCUT2D eigenvalue weighted by molar-refractivity contribution is 5.47. The van der Waals surface area contributed by atoms with E-state index in [2.05, 4.69) is 58.8 Å². The Morgan fingerprint density at radius 2 is 1.96 bits per heavy atom. The van der Waals surface area contributed by atoms with Gasteiger partial charge in [0.15, 0.2) is 0 Å². The quantitative estimate of drug-likeness (QED) is 0.817. The second-order valence-electron chi connectivity index (χ2n) is 6.75. The number of aliphatic hydroxyl groups is 1. The maximum absolute atomic E-state index is 10.0. The van der Waals surface area contributed by atoms with Gasteiger partial charge in [0.1, 0.15) is 0 Å². The Morgan fingerprint density at radius 1 is 1.20 bits per heavy atom. The average molecular weight is 335 g/mol. The summed E-state index contributed by atoms with van der Waals surface area (Å²) in [6, 6.07) is 18.9. The fourth-order valence-electron chi connectivity index (χ4n) is 3.58. The van der Waals surface area contributed by atoms with Crippen LogP contribution in [0.1, 0.15) is 29.5 Å². The summed E-state index contributed by atoms with van der Waals surface area (Å²) in [5, 5.41) is 22.3. The van der Waals surface area contributed by atoms with Crippen LogP contribution in [0.3, 0.4) is 0 Å². The van der Waals surface area contributed by atoms with E-state index in [4.69, 9.17) is 5.26 Å². The molecule has 0 heterocycles. The molecule has 1 atom stereocenters. The third-order valence-corrected chi connectivity index (χ3v) is 5.19. The molecule has 25 heavy (non-hydrogen) atoms. The number of nitriles is 1. The second kappa shape index (κ2) is 7.69. The molecule has 3 rings (SSSR count). The van der Waals surface area contributed by atoms with Crippen molar-refractivity contribution < 1.29 is 5.11 Å². The minimum atomic E-state index is -0.334. The summed E-state index contributed by atoms with van der Waals surface area (Å²) in [5.41, 5.74) is 4.53. The van der Waals surface area contributed by atoms with Crippen LogP contribution in [0.5, 0.6) is 0 Å². The standard InChI is InChI=1S/C21H25N3O/c1-24(14-4-13-22)19-9-7-17(8-10-19)15-23-21(16-25)12-11-18-5-2-3-6-20(18)21/h2-3,5-10,23,25H,4,11-12,14-16H2,1H3. The number of benzene rings is 2. The van der Waals surface area contributed by atoms with Gasteiger partial charge in [0.05, 0.1) is 24.6 Å². The molecule has 1 aliphatic rings. The van der Waals surface area contributed by atoms with Crippen molar-refractivity contribution in [3.63, 3.8) is 0 Å². The summed E-state index contributed by atoms with van der Waals surface area (Å²) in [7, 11) is 2.00. The van der Waals surface area contributed by atoms with Gasteiger partial charge in [-0.05, 0) is 41.7 Å². The topological polar surface area (TPSA) is 59.3 Å². The number of hydrogen-bond donors (Lipinski definition) is 2. The summed E-state index contributed by atoms with van der Waals surface area (Å²) >= 11 is 0. The van der Waals surface area contributed by atoms with Crippen molar-refractivity contribution in [1.82, 2.24) is 5.32 Å². The highest BCUT2D eigenvalue weighted by Crippen LogP contribution is 2.36. The third-order valence-electron chi connectivity index (χ3n) is 5.19. The Hall–Kier alpha value is -2.35. The first-order chi connectivity index (χ1) is 12.2. The second-order valence-corrected chi connectivity index (χ2v) is 6.75. The first kappa shape index (κ1) is 17.5. The van der Waals surface area contributed by atoms with Gasteiger partial charge in [-0.3, -0.25) is 0 Å². The van der Waals surface area contributed by atoms with Crippen molar-refractivity contribution in [3.05, 3.63) is 65.2 Å². The summed E-state index contributed by atoms with van der Waals surface area (Å²) < 4.78 is 0. The molecule has 2 N–H and O–H groups in total. The Bertz CT molecular complexity index is 750. The van der Waals surface area contributed by atoms with Crippen molar-refractivity contribution in [2.75, 3.05) is 25.1 Å². The number of aliphatic hydroxyl groups excluding tert-OH is 1. The Labute approximate surface area is 149 Å². The van der Waals surface area contributed by atoms with Crippen molar-refractivity contribution in [3.8, 4) is 6.07 Å². The molecule has 0 saturated heterocycles. The third kappa shape index (κ3) is 3.68. The van der Waals surface area contributed by atoms with E-state index in [1.807, 2.05) is 13.1 Å². The predicted octanol–water partition coefficient (Wildman–Crippen LogP) is 2.96. The lowest BCUT2D eigenvalue weighted by atomic mass is 9.92. The van der Waals surface area contributed by atoms with Crippen LogP contribution in [0.15, 0.2) is 48.5 Å². The van der Waals surface area contributed by atoms with E-state index in [9.17, 15) is 5.11 Å². The van der Waals surface area contributed by atoms with Crippen molar-refractivity contribution in [1.29, 1.82) is 5.26 Å². The fourth-order valence-corrected chi connectivity index (χ4v) is 3.58. The van der Waals surface area contributed by atoms with E-state index in [1.165, 1.54) is 16.7 Å². The van der Waals surface area contributed by atoms with E-state index in [0.717, 1.165) is 31.6 Å². The van der Waals surface area contributed by atoms with Crippen LogP contribution < -0.4 is 10.2 Å². The molecule has 0 amide bonds. The first-order valence-electron chi connectivity index (χ1n) is 8.80. The molecular formula is C21H25N3O. The molecule has 2 aromatic carbocycles. The van der Waals surface area contributed by atoms with Crippen LogP contribution in [0, 0.1) is 11.3 Å². The molecular weight excluding hydrogens is 310 g/mol. The SMILES string of the molecule is CN(CCC#N)c1ccc(CNC2(CO)CCc3ccccc32)cc1. The highest BCUT2D eigenvalue weighted by atomic mass is 16.3. The zero-order valence-corrected chi connectivity index (χ0v) is 14.7. The zero-order valence-electron chi connectivity index (χ0n) is 14.7. The molecule has 2 aromatic rings. The van der Waals surface area contributed by atoms with Gasteiger partial charge in [-0.2, -0.15) is 5.26 Å². The number of rotatable bonds is 7. The van der Waals surface area contributed by atoms with Gasteiger partial charge in [0.25, 0.3) is 0 Å². The summed E-state index contributed by atoms with van der Waals surface area (Å²) in [6.45, 7) is 1.56. The summed E-state index contributed by atoms with van der Waals surface area (Å²) in [5.74, 6) is 0. The van der Waals surface area contributed by atoms with Crippen molar-refractivity contribution in [2.45, 2.75) is 31.3 Å². The Morgan fingerprint density at radius 3 is 2.68 bits per heavy atom. The highest BCUT2D eigenvalue weighted by Gasteiger charge is 2.37. The summed E-state index contributed by atoms with van der Waals surface area (Å²) in [4.78, 5) is 2.09. The number of hydrogen-bond acceptors (Lipinski definition) is 4. The molecule has 0 radical (unpaired) electrons. The lowest BCUT2D eigenvalue weighted by Crippen LogP contribution is -2.43. The minimum absolute atomic E-state index is 0.110. The van der Waals surface area contributed by atoms with Gasteiger partial charge in [-0.1, -0.05) is 36.4 Å². The average Bonchev–Trinajstić information content (AvgIpc) is 3.04. The smallest absolute Gasteiger partial charge is 0.0677 e. The lowest BCUT2D eigenvalue weighted by Gasteiger charge is -2.30. The van der Waals surface area contributed by atoms with E-state index in [1.54, 1.807) is 0 Å². The number of nitrogens with zero attached hydrogens (tertiary/aromatic N) is 2. The maximum atomic E-state index is 10.0. The fraction of sp³-hybridized carbons (Fsp3) is 0.381. The van der Waals surface area contributed by atoms with Crippen LogP contribution in [-0.2, 0) is 18.5 Å². The minimum Gasteiger partial charge on any atom is -0.394 e. The van der Waals surface area contributed by atoms with Crippen molar-refractivity contribution >= 4 is 5.69 Å². The van der Waals surface area contributed by atoms with Gasteiger partial charge in [-0.25, -0.2) is 0 Å². The summed E-state index contributed by atoms with van der Waals surface area (Å²) in [6.07, 6.45) is 2.46. The normalized spacial score (nSPS) is 18.6. The van der Waals surface area contributed by atoms with Gasteiger partial charge in [0.2, 0.25) is 0 Å². The van der Waals surface area contributed by atoms with Gasteiger partial charge < -0.3 is 15.3 Å². The van der Waals surface area contributed by atoms with Gasteiger partial charge in [-0.15, -0.1) is 0 Å². The molecule has 0 saturated carbocycles. The number of aryl methyl sites for hydroxylation is 1. The molecule has 0 spiro atoms. The number of anilines is 1. The van der Waals surface area contributed by atoms with Gasteiger partial charge in [0, 0.05) is 25.8 Å². The van der Waals surface area contributed by atoms with E-state index in [0.29, 0.717) is 6.42 Å². The van der Waals surface area contributed by atoms with E-state index in [-0.39, 0.29) is 12.1 Å². The Kier molecular flexibility index (Phi) is 5.37. The zero-order chi connectivity index (χ0) is 17.7. The molecule has 0 aliphatic heterocycles. The molecule has 1 aliphatic carbocycles. The molecule has 130 valence electrons. The number of fused-ring (bicyclic) bond motifs is 1. The molecule has 1 unspecified atom stereocenters. The molecule has 0 bridgehead atoms. The Balaban J connectivity index is 1.66.